The molecule has 0 radical (unpaired) electrons. The zero-order chi connectivity index (χ0) is 16.7. The first-order chi connectivity index (χ1) is 11.6. The highest BCUT2D eigenvalue weighted by atomic mass is 32.2. The van der Waals surface area contributed by atoms with Crippen LogP contribution in [0, 0.1) is 10.1 Å². The van der Waals surface area contributed by atoms with Crippen LogP contribution in [0.4, 0.5) is 17.1 Å². The molecule has 1 atom stereocenters. The van der Waals surface area contributed by atoms with Crippen molar-refractivity contribution in [3.63, 3.8) is 0 Å². The number of aliphatic imine (C=N–C) groups is 1. The number of non-ortho nitro benzene ring substituents is 1. The van der Waals surface area contributed by atoms with Crippen LogP contribution in [-0.4, -0.2) is 22.5 Å². The largest absolute Gasteiger partial charge is 0.335 e. The maximum Gasteiger partial charge on any atom is 0.269 e. The van der Waals surface area contributed by atoms with Crippen molar-refractivity contribution < 1.29 is 9.72 Å². The number of carbonyl (C=O) groups is 1. The predicted molar refractivity (Wildman–Crippen MR) is 93.4 cm³/mol. The number of nitrogens with zero attached hydrogens (tertiary/aromatic N) is 2. The maximum absolute atomic E-state index is 12.5. The van der Waals surface area contributed by atoms with Crippen molar-refractivity contribution in [3.05, 3.63) is 64.2 Å². The molecule has 0 fully saturated rings. The van der Waals surface area contributed by atoms with E-state index in [2.05, 4.69) is 15.6 Å². The lowest BCUT2D eigenvalue weighted by molar-refractivity contribution is -0.384. The molecule has 0 saturated heterocycles. The number of para-hydroxylation sites is 1. The second kappa shape index (κ2) is 5.34. The smallest absolute Gasteiger partial charge is 0.269 e. The third-order valence-electron chi connectivity index (χ3n) is 4.02. The van der Waals surface area contributed by atoms with E-state index in [4.69, 9.17) is 0 Å². The number of benzene rings is 2. The van der Waals surface area contributed by atoms with Gasteiger partial charge in [0.1, 0.15) is 4.75 Å². The van der Waals surface area contributed by atoms with Crippen molar-refractivity contribution in [2.75, 3.05) is 17.2 Å². The minimum absolute atomic E-state index is 0.0298. The van der Waals surface area contributed by atoms with Crippen LogP contribution in [0.15, 0.2) is 53.5 Å². The summed E-state index contributed by atoms with van der Waals surface area (Å²) in [5, 5.41) is 17.3. The topological polar surface area (TPSA) is 96.6 Å². The van der Waals surface area contributed by atoms with Crippen molar-refractivity contribution in [2.24, 2.45) is 4.99 Å². The summed E-state index contributed by atoms with van der Waals surface area (Å²) in [4.78, 5) is 27.2. The molecule has 2 heterocycles. The van der Waals surface area contributed by atoms with Gasteiger partial charge in [0.25, 0.3) is 5.69 Å². The number of carbonyl (C=O) groups excluding carboxylic acids is 1. The number of rotatable bonds is 2. The van der Waals surface area contributed by atoms with Gasteiger partial charge >= 0.3 is 0 Å². The number of hydrogen-bond donors (Lipinski definition) is 2. The molecule has 120 valence electrons. The van der Waals surface area contributed by atoms with Crippen LogP contribution in [-0.2, 0) is 9.54 Å². The van der Waals surface area contributed by atoms with E-state index in [-0.39, 0.29) is 11.6 Å². The minimum Gasteiger partial charge on any atom is -0.335 e. The van der Waals surface area contributed by atoms with Gasteiger partial charge in [0, 0.05) is 29.1 Å². The lowest BCUT2D eigenvalue weighted by atomic mass is 10.00. The van der Waals surface area contributed by atoms with Crippen LogP contribution in [0.1, 0.15) is 5.56 Å². The Labute approximate surface area is 141 Å². The van der Waals surface area contributed by atoms with Gasteiger partial charge in [0.05, 0.1) is 11.5 Å². The number of nitro groups is 1. The van der Waals surface area contributed by atoms with Crippen LogP contribution in [0.2, 0.25) is 0 Å². The highest BCUT2D eigenvalue weighted by molar-refractivity contribution is 8.15. The summed E-state index contributed by atoms with van der Waals surface area (Å²) in [6.07, 6.45) is 0. The number of nitrogens with one attached hydrogen (secondary N) is 2. The number of hydrogen-bond acceptors (Lipinski definition) is 6. The van der Waals surface area contributed by atoms with E-state index in [1.165, 1.54) is 23.9 Å². The summed E-state index contributed by atoms with van der Waals surface area (Å²) in [6.45, 7) is 0.357. The van der Waals surface area contributed by atoms with Crippen molar-refractivity contribution >= 4 is 39.9 Å². The monoisotopic (exact) mass is 340 g/mol. The molecule has 1 unspecified atom stereocenters. The first-order valence-corrected chi connectivity index (χ1v) is 8.06. The molecule has 7 nitrogen and oxygen atoms in total. The average molecular weight is 340 g/mol. The fraction of sp³-hybridized carbons (Fsp3) is 0.125. The number of nitro benzene ring substituents is 1. The van der Waals surface area contributed by atoms with Gasteiger partial charge in [-0.3, -0.25) is 19.9 Å². The molecule has 24 heavy (non-hydrogen) atoms. The van der Waals surface area contributed by atoms with Gasteiger partial charge in [-0.05, 0) is 18.2 Å². The van der Waals surface area contributed by atoms with Gasteiger partial charge < -0.3 is 10.6 Å². The van der Waals surface area contributed by atoms with Crippen LogP contribution in [0.3, 0.4) is 0 Å². The molecule has 1 amide bonds. The first kappa shape index (κ1) is 14.7. The van der Waals surface area contributed by atoms with Gasteiger partial charge in [-0.2, -0.15) is 0 Å². The lowest BCUT2D eigenvalue weighted by Crippen LogP contribution is -2.32. The number of amidine groups is 1. The fourth-order valence-corrected chi connectivity index (χ4v) is 4.00. The summed E-state index contributed by atoms with van der Waals surface area (Å²) in [5.41, 5.74) is 2.48. The Bertz CT molecular complexity index is 881. The average Bonchev–Trinajstić information content (AvgIpc) is 3.12. The molecule has 8 heteroatoms. The normalized spacial score (nSPS) is 21.3. The summed E-state index contributed by atoms with van der Waals surface area (Å²) in [5.74, 6) is -0.0713. The quantitative estimate of drug-likeness (QED) is 0.647. The second-order valence-corrected chi connectivity index (χ2v) is 6.77. The Balaban J connectivity index is 1.54. The first-order valence-electron chi connectivity index (χ1n) is 7.24. The fourth-order valence-electron chi connectivity index (χ4n) is 2.82. The Kier molecular flexibility index (Phi) is 3.27. The number of fused-ring (bicyclic) bond motifs is 2. The van der Waals surface area contributed by atoms with Gasteiger partial charge in [0.2, 0.25) is 5.91 Å². The van der Waals surface area contributed by atoms with E-state index in [0.717, 1.165) is 11.3 Å². The minimum atomic E-state index is -0.736. The van der Waals surface area contributed by atoms with E-state index in [9.17, 15) is 14.9 Å². The lowest BCUT2D eigenvalue weighted by Gasteiger charge is -2.19. The van der Waals surface area contributed by atoms with Crippen LogP contribution in [0.5, 0.6) is 0 Å². The van der Waals surface area contributed by atoms with E-state index < -0.39 is 9.67 Å². The van der Waals surface area contributed by atoms with Gasteiger partial charge in [-0.1, -0.05) is 30.0 Å². The predicted octanol–water partition coefficient (Wildman–Crippen LogP) is 2.96. The summed E-state index contributed by atoms with van der Waals surface area (Å²) in [7, 11) is 0. The molecule has 0 saturated carbocycles. The number of thioether (sulfide) groups is 1. The molecule has 0 aromatic heterocycles. The summed E-state index contributed by atoms with van der Waals surface area (Å²) < 4.78 is -0.736. The zero-order valence-corrected chi connectivity index (χ0v) is 13.2. The Morgan fingerprint density at radius 2 is 1.96 bits per heavy atom. The van der Waals surface area contributed by atoms with Gasteiger partial charge in [-0.25, -0.2) is 0 Å². The van der Waals surface area contributed by atoms with Crippen molar-refractivity contribution in [1.82, 2.24) is 0 Å². The molecule has 2 aliphatic heterocycles. The standard InChI is InChI=1S/C16H12N4O3S/c21-14-16(12-3-1-2-4-13(12)19-14)9-17-15(24-16)18-10-5-7-11(8-6-10)20(22)23/h1-8H,9H2,(H,17,18)(H,19,21). The van der Waals surface area contributed by atoms with Crippen molar-refractivity contribution in [3.8, 4) is 0 Å². The summed E-state index contributed by atoms with van der Waals surface area (Å²) >= 11 is 1.37. The molecular formula is C16H12N4O3S. The van der Waals surface area contributed by atoms with Crippen LogP contribution >= 0.6 is 11.8 Å². The maximum atomic E-state index is 12.5. The molecule has 2 aromatic rings. The second-order valence-electron chi connectivity index (χ2n) is 5.48. The Hall–Kier alpha value is -2.87. The SMILES string of the molecule is O=C1Nc2ccccc2C12CN=C(Nc1ccc([N+](=O)[O-])cc1)S2. The highest BCUT2D eigenvalue weighted by Gasteiger charge is 2.51. The van der Waals surface area contributed by atoms with E-state index in [1.54, 1.807) is 12.1 Å². The van der Waals surface area contributed by atoms with Crippen molar-refractivity contribution in [1.29, 1.82) is 0 Å². The molecule has 2 N–H and O–H groups in total. The van der Waals surface area contributed by atoms with Gasteiger partial charge in [0.15, 0.2) is 5.17 Å². The number of amides is 1. The molecule has 4 rings (SSSR count). The van der Waals surface area contributed by atoms with Crippen molar-refractivity contribution in [2.45, 2.75) is 4.75 Å². The van der Waals surface area contributed by atoms with E-state index >= 15 is 0 Å². The summed E-state index contributed by atoms with van der Waals surface area (Å²) in [6, 6.07) is 13.7. The Morgan fingerprint density at radius 1 is 1.21 bits per heavy atom. The molecule has 0 bridgehead atoms. The Morgan fingerprint density at radius 3 is 2.71 bits per heavy atom. The van der Waals surface area contributed by atoms with Gasteiger partial charge in [-0.15, -0.1) is 0 Å². The molecule has 0 aliphatic carbocycles. The van der Waals surface area contributed by atoms with Crippen LogP contribution in [0.25, 0.3) is 0 Å². The molecule has 2 aromatic carbocycles. The van der Waals surface area contributed by atoms with E-state index in [1.807, 2.05) is 24.3 Å². The molecular weight excluding hydrogens is 328 g/mol. The highest BCUT2D eigenvalue weighted by Crippen LogP contribution is 2.49. The molecule has 2 aliphatic rings. The molecule has 1 spiro atoms. The zero-order valence-electron chi connectivity index (χ0n) is 12.4. The van der Waals surface area contributed by atoms with Crippen LogP contribution < -0.4 is 10.6 Å². The third kappa shape index (κ3) is 2.23. The van der Waals surface area contributed by atoms with E-state index in [0.29, 0.717) is 17.4 Å². The third-order valence-corrected chi connectivity index (χ3v) is 5.33. The number of anilines is 2.